The van der Waals surface area contributed by atoms with E-state index >= 15 is 0 Å². The SMILES string of the molecule is CC#CCO[C@@]1(c2ccccc2)C[C@H]2C=C[C@@H]1O2. The van der Waals surface area contributed by atoms with Crippen LogP contribution in [0.2, 0.25) is 0 Å². The second kappa shape index (κ2) is 4.61. The first-order chi connectivity index (χ1) is 8.85. The smallest absolute Gasteiger partial charge is 0.127 e. The molecule has 2 aliphatic heterocycles. The zero-order chi connectivity index (χ0) is 12.4. The highest BCUT2D eigenvalue weighted by Gasteiger charge is 2.51. The van der Waals surface area contributed by atoms with Gasteiger partial charge in [0.25, 0.3) is 0 Å². The molecule has 1 aromatic carbocycles. The maximum Gasteiger partial charge on any atom is 0.127 e. The van der Waals surface area contributed by atoms with Gasteiger partial charge in [0, 0.05) is 6.42 Å². The van der Waals surface area contributed by atoms with Crippen LogP contribution in [0.3, 0.4) is 0 Å². The van der Waals surface area contributed by atoms with Crippen LogP contribution in [0.5, 0.6) is 0 Å². The van der Waals surface area contributed by atoms with Crippen molar-refractivity contribution < 1.29 is 9.47 Å². The number of rotatable bonds is 3. The molecule has 1 aromatic rings. The van der Waals surface area contributed by atoms with E-state index in [4.69, 9.17) is 9.47 Å². The number of hydrogen-bond donors (Lipinski definition) is 0. The van der Waals surface area contributed by atoms with E-state index in [2.05, 4.69) is 36.1 Å². The fraction of sp³-hybridized carbons (Fsp3) is 0.375. The summed E-state index contributed by atoms with van der Waals surface area (Å²) < 4.78 is 12.0. The van der Waals surface area contributed by atoms with E-state index in [0.29, 0.717) is 6.61 Å². The first kappa shape index (κ1) is 11.5. The fourth-order valence-electron chi connectivity index (χ4n) is 2.76. The summed E-state index contributed by atoms with van der Waals surface area (Å²) in [5.41, 5.74) is 0.824. The molecule has 92 valence electrons. The topological polar surface area (TPSA) is 18.5 Å². The lowest BCUT2D eigenvalue weighted by molar-refractivity contribution is -0.0658. The van der Waals surface area contributed by atoms with Gasteiger partial charge in [-0.15, -0.1) is 5.92 Å². The predicted molar refractivity (Wildman–Crippen MR) is 69.9 cm³/mol. The molecule has 0 unspecified atom stereocenters. The van der Waals surface area contributed by atoms with E-state index < -0.39 is 0 Å². The molecule has 1 saturated heterocycles. The van der Waals surface area contributed by atoms with Gasteiger partial charge in [-0.05, 0) is 12.5 Å². The minimum absolute atomic E-state index is 0.0172. The van der Waals surface area contributed by atoms with Gasteiger partial charge in [-0.3, -0.25) is 0 Å². The lowest BCUT2D eigenvalue weighted by Gasteiger charge is -2.33. The average Bonchev–Trinajstić information content (AvgIpc) is 3.01. The third kappa shape index (κ3) is 1.77. The highest BCUT2D eigenvalue weighted by atomic mass is 16.6. The van der Waals surface area contributed by atoms with E-state index in [9.17, 15) is 0 Å². The summed E-state index contributed by atoms with van der Waals surface area (Å²) in [6, 6.07) is 10.3. The van der Waals surface area contributed by atoms with Crippen molar-refractivity contribution in [3.63, 3.8) is 0 Å². The second-order valence-electron chi connectivity index (χ2n) is 4.66. The van der Waals surface area contributed by atoms with E-state index in [0.717, 1.165) is 6.42 Å². The lowest BCUT2D eigenvalue weighted by Crippen LogP contribution is -2.38. The van der Waals surface area contributed by atoms with Gasteiger partial charge in [0.2, 0.25) is 0 Å². The average molecular weight is 240 g/mol. The van der Waals surface area contributed by atoms with Crippen LogP contribution in [0.4, 0.5) is 0 Å². The first-order valence-corrected chi connectivity index (χ1v) is 6.28. The Morgan fingerprint density at radius 3 is 2.78 bits per heavy atom. The van der Waals surface area contributed by atoms with Crippen molar-refractivity contribution in [2.45, 2.75) is 31.2 Å². The maximum absolute atomic E-state index is 6.10. The fourth-order valence-corrected chi connectivity index (χ4v) is 2.76. The van der Waals surface area contributed by atoms with Gasteiger partial charge >= 0.3 is 0 Å². The molecule has 1 fully saturated rings. The third-order valence-corrected chi connectivity index (χ3v) is 3.63. The Labute approximate surface area is 108 Å². The summed E-state index contributed by atoms with van der Waals surface area (Å²) in [6.07, 6.45) is 5.32. The normalized spacial score (nSPS) is 32.3. The zero-order valence-corrected chi connectivity index (χ0v) is 10.4. The molecule has 0 aliphatic carbocycles. The molecule has 2 nitrogen and oxygen atoms in total. The molecule has 2 bridgehead atoms. The summed E-state index contributed by atoms with van der Waals surface area (Å²) >= 11 is 0. The Hall–Kier alpha value is -1.56. The molecule has 0 radical (unpaired) electrons. The van der Waals surface area contributed by atoms with Gasteiger partial charge in [0.05, 0.1) is 6.10 Å². The standard InChI is InChI=1S/C16H16O2/c1-2-3-11-17-16(13-7-5-4-6-8-13)12-14-9-10-15(16)18-14/h4-10,14-15H,11-12H2,1H3/t14-,15+,16-/m1/s1. The van der Waals surface area contributed by atoms with Crippen molar-refractivity contribution in [2.24, 2.45) is 0 Å². The van der Waals surface area contributed by atoms with Crippen LogP contribution in [0.25, 0.3) is 0 Å². The van der Waals surface area contributed by atoms with Gasteiger partial charge in [-0.25, -0.2) is 0 Å². The van der Waals surface area contributed by atoms with Crippen molar-refractivity contribution in [2.75, 3.05) is 6.61 Å². The molecular formula is C16H16O2. The van der Waals surface area contributed by atoms with Gasteiger partial charge in [0.15, 0.2) is 0 Å². The molecule has 3 atom stereocenters. The third-order valence-electron chi connectivity index (χ3n) is 3.63. The lowest BCUT2D eigenvalue weighted by atomic mass is 9.82. The van der Waals surface area contributed by atoms with Crippen molar-refractivity contribution in [1.82, 2.24) is 0 Å². The Morgan fingerprint density at radius 2 is 2.17 bits per heavy atom. The van der Waals surface area contributed by atoms with Gasteiger partial charge < -0.3 is 9.47 Å². The maximum atomic E-state index is 6.10. The molecule has 2 heterocycles. The molecule has 0 amide bonds. The molecule has 3 rings (SSSR count). The Kier molecular flexibility index (Phi) is 2.95. The van der Waals surface area contributed by atoms with Crippen molar-refractivity contribution in [1.29, 1.82) is 0 Å². The Bertz CT molecular complexity index is 509. The molecule has 0 saturated carbocycles. The van der Waals surface area contributed by atoms with Crippen molar-refractivity contribution in [3.05, 3.63) is 48.0 Å². The van der Waals surface area contributed by atoms with Crippen molar-refractivity contribution >= 4 is 0 Å². The Morgan fingerprint density at radius 1 is 1.33 bits per heavy atom. The summed E-state index contributed by atoms with van der Waals surface area (Å²) in [5.74, 6) is 5.85. The van der Waals surface area contributed by atoms with E-state index in [-0.39, 0.29) is 17.8 Å². The van der Waals surface area contributed by atoms with Crippen LogP contribution in [0.15, 0.2) is 42.5 Å². The molecule has 0 spiro atoms. The number of ether oxygens (including phenoxy) is 2. The van der Waals surface area contributed by atoms with Crippen LogP contribution >= 0.6 is 0 Å². The molecule has 2 aliphatic rings. The van der Waals surface area contributed by atoms with E-state index in [1.54, 1.807) is 0 Å². The quantitative estimate of drug-likeness (QED) is 0.597. The van der Waals surface area contributed by atoms with Crippen LogP contribution in [0, 0.1) is 11.8 Å². The first-order valence-electron chi connectivity index (χ1n) is 6.28. The summed E-state index contributed by atoms with van der Waals surface area (Å²) in [6.45, 7) is 2.28. The van der Waals surface area contributed by atoms with Gasteiger partial charge in [0.1, 0.15) is 18.3 Å². The Balaban J connectivity index is 1.93. The summed E-state index contributed by atoms with van der Waals surface area (Å²) in [5, 5.41) is 0. The van der Waals surface area contributed by atoms with Crippen LogP contribution in [-0.4, -0.2) is 18.8 Å². The molecule has 0 aromatic heterocycles. The minimum atomic E-state index is -0.357. The van der Waals surface area contributed by atoms with Crippen LogP contribution < -0.4 is 0 Å². The number of fused-ring (bicyclic) bond motifs is 2. The zero-order valence-electron chi connectivity index (χ0n) is 10.4. The number of hydrogen-bond acceptors (Lipinski definition) is 2. The minimum Gasteiger partial charge on any atom is -0.363 e. The van der Waals surface area contributed by atoms with Gasteiger partial charge in [-0.2, -0.15) is 0 Å². The van der Waals surface area contributed by atoms with Crippen molar-refractivity contribution in [3.8, 4) is 11.8 Å². The van der Waals surface area contributed by atoms with Crippen LogP contribution in [0.1, 0.15) is 18.9 Å². The predicted octanol–water partition coefficient (Wildman–Crippen LogP) is 2.65. The highest BCUT2D eigenvalue weighted by molar-refractivity contribution is 5.32. The molecule has 18 heavy (non-hydrogen) atoms. The van der Waals surface area contributed by atoms with E-state index in [1.165, 1.54) is 5.56 Å². The number of benzene rings is 1. The summed E-state index contributed by atoms with van der Waals surface area (Å²) in [7, 11) is 0. The van der Waals surface area contributed by atoms with E-state index in [1.807, 2.05) is 25.1 Å². The monoisotopic (exact) mass is 240 g/mol. The molecule has 2 heteroatoms. The highest BCUT2D eigenvalue weighted by Crippen LogP contribution is 2.46. The summed E-state index contributed by atoms with van der Waals surface area (Å²) in [4.78, 5) is 0. The molecule has 0 N–H and O–H groups in total. The second-order valence-corrected chi connectivity index (χ2v) is 4.66. The van der Waals surface area contributed by atoms with Crippen LogP contribution in [-0.2, 0) is 15.1 Å². The molecular weight excluding hydrogens is 224 g/mol. The largest absolute Gasteiger partial charge is 0.363 e. The van der Waals surface area contributed by atoms with Gasteiger partial charge in [-0.1, -0.05) is 48.4 Å².